The molecule has 2 rings (SSSR count). The number of amides is 1. The molecule has 0 unspecified atom stereocenters. The molecule has 112 valence electrons. The molecule has 0 saturated heterocycles. The third kappa shape index (κ3) is 3.83. The van der Waals surface area contributed by atoms with Gasteiger partial charge in [-0.15, -0.1) is 11.3 Å². The number of hydrogen-bond donors (Lipinski definition) is 2. The largest absolute Gasteiger partial charge is 0.465 e. The number of carboxylic acid groups (broad SMARTS) is 1. The summed E-state index contributed by atoms with van der Waals surface area (Å²) in [5.74, 6) is -0.534. The maximum atomic E-state index is 12.4. The van der Waals surface area contributed by atoms with Crippen molar-refractivity contribution < 1.29 is 19.4 Å². The van der Waals surface area contributed by atoms with Gasteiger partial charge in [-0.05, 0) is 43.2 Å². The first-order chi connectivity index (χ1) is 9.78. The summed E-state index contributed by atoms with van der Waals surface area (Å²) >= 11 is 2.68. The Kier molecular flexibility index (Phi) is 4.34. The molecule has 0 radical (unpaired) electrons. The molecule has 2 aromatic rings. The van der Waals surface area contributed by atoms with Crippen LogP contribution in [0.1, 0.15) is 31.1 Å². The molecule has 0 aromatic carbocycles. The monoisotopic (exact) mass is 325 g/mol. The van der Waals surface area contributed by atoms with Crippen LogP contribution in [0.2, 0.25) is 0 Å². The van der Waals surface area contributed by atoms with Crippen molar-refractivity contribution in [2.24, 2.45) is 0 Å². The summed E-state index contributed by atoms with van der Waals surface area (Å²) in [5.41, 5.74) is 1.16. The molecular weight excluding hydrogens is 310 g/mol. The van der Waals surface area contributed by atoms with Crippen LogP contribution in [0, 0.1) is 0 Å². The van der Waals surface area contributed by atoms with Crippen LogP contribution in [0.3, 0.4) is 0 Å². The van der Waals surface area contributed by atoms with E-state index in [1.807, 2.05) is 16.8 Å². The fourth-order valence-electron chi connectivity index (χ4n) is 1.71. The van der Waals surface area contributed by atoms with Crippen LogP contribution in [0.15, 0.2) is 22.2 Å². The van der Waals surface area contributed by atoms with Crippen molar-refractivity contribution in [2.45, 2.75) is 26.4 Å². The highest BCUT2D eigenvalue weighted by Gasteiger charge is 2.26. The first-order valence-corrected chi connectivity index (χ1v) is 7.97. The Bertz CT molecular complexity index is 653. The van der Waals surface area contributed by atoms with Crippen molar-refractivity contribution >= 4 is 39.7 Å². The van der Waals surface area contributed by atoms with Crippen LogP contribution in [0.5, 0.6) is 0 Å². The van der Waals surface area contributed by atoms with Crippen molar-refractivity contribution in [3.63, 3.8) is 0 Å². The second-order valence-corrected chi connectivity index (χ2v) is 6.96. The summed E-state index contributed by atoms with van der Waals surface area (Å²) in [6, 6.07) is 1.88. The van der Waals surface area contributed by atoms with Gasteiger partial charge >= 0.3 is 12.1 Å². The molecule has 2 N–H and O–H groups in total. The van der Waals surface area contributed by atoms with Crippen LogP contribution >= 0.6 is 22.7 Å². The van der Waals surface area contributed by atoms with E-state index in [4.69, 9.17) is 9.84 Å². The van der Waals surface area contributed by atoms with Crippen molar-refractivity contribution in [3.05, 3.63) is 27.8 Å². The zero-order valence-electron chi connectivity index (χ0n) is 11.8. The second kappa shape index (κ2) is 5.87. The Morgan fingerprint density at radius 1 is 1.29 bits per heavy atom. The quantitative estimate of drug-likeness (QED) is 0.813. The van der Waals surface area contributed by atoms with Crippen molar-refractivity contribution in [2.75, 3.05) is 5.32 Å². The number of rotatable bonds is 3. The summed E-state index contributed by atoms with van der Waals surface area (Å²) in [7, 11) is 0. The highest BCUT2D eigenvalue weighted by atomic mass is 32.1. The Hall–Kier alpha value is -1.86. The SMILES string of the molecule is CC(C)(C)OC(=O)c1c(-c2ccsc2)csc1NC(=O)O. The smallest absolute Gasteiger partial charge is 0.409 e. The Morgan fingerprint density at radius 3 is 2.52 bits per heavy atom. The van der Waals surface area contributed by atoms with E-state index in [2.05, 4.69) is 5.32 Å². The standard InChI is InChI=1S/C14H15NO4S2/c1-14(2,3)19-12(16)10-9(8-4-5-20-6-8)7-21-11(10)15-13(17)18/h4-7,15H,1-3H3,(H,17,18). The maximum absolute atomic E-state index is 12.4. The van der Waals surface area contributed by atoms with E-state index in [9.17, 15) is 9.59 Å². The van der Waals surface area contributed by atoms with E-state index >= 15 is 0 Å². The summed E-state index contributed by atoms with van der Waals surface area (Å²) < 4.78 is 5.38. The van der Waals surface area contributed by atoms with E-state index < -0.39 is 17.7 Å². The molecule has 0 saturated carbocycles. The average Bonchev–Trinajstić information content (AvgIpc) is 2.92. The number of esters is 1. The molecule has 0 bridgehead atoms. The van der Waals surface area contributed by atoms with Crippen molar-refractivity contribution in [1.29, 1.82) is 0 Å². The maximum Gasteiger partial charge on any atom is 0.409 e. The van der Waals surface area contributed by atoms with Gasteiger partial charge in [0.1, 0.15) is 16.2 Å². The Labute approximate surface area is 130 Å². The van der Waals surface area contributed by atoms with E-state index in [-0.39, 0.29) is 10.6 Å². The van der Waals surface area contributed by atoms with Crippen LogP contribution < -0.4 is 5.32 Å². The van der Waals surface area contributed by atoms with Gasteiger partial charge in [-0.2, -0.15) is 11.3 Å². The molecule has 0 aliphatic heterocycles. The molecule has 5 nitrogen and oxygen atoms in total. The predicted octanol–water partition coefficient (Wildman–Crippen LogP) is 4.52. The van der Waals surface area contributed by atoms with Gasteiger partial charge in [0.2, 0.25) is 0 Å². The minimum Gasteiger partial charge on any atom is -0.465 e. The highest BCUT2D eigenvalue weighted by Crippen LogP contribution is 2.37. The first-order valence-electron chi connectivity index (χ1n) is 6.15. The number of nitrogens with one attached hydrogen (secondary N) is 1. The van der Waals surface area contributed by atoms with Gasteiger partial charge in [-0.3, -0.25) is 5.32 Å². The summed E-state index contributed by atoms with van der Waals surface area (Å²) in [6.45, 7) is 5.31. The molecule has 0 spiro atoms. The number of ether oxygens (including phenoxy) is 1. The van der Waals surface area contributed by atoms with Gasteiger partial charge in [0.15, 0.2) is 0 Å². The number of hydrogen-bond acceptors (Lipinski definition) is 5. The van der Waals surface area contributed by atoms with E-state index in [0.717, 1.165) is 5.56 Å². The summed E-state index contributed by atoms with van der Waals surface area (Å²) in [6.07, 6.45) is -1.21. The lowest BCUT2D eigenvalue weighted by atomic mass is 10.1. The third-order valence-corrected chi connectivity index (χ3v) is 4.03. The Balaban J connectivity index is 2.46. The summed E-state index contributed by atoms with van der Waals surface area (Å²) in [4.78, 5) is 23.3. The van der Waals surface area contributed by atoms with Crippen molar-refractivity contribution in [1.82, 2.24) is 0 Å². The van der Waals surface area contributed by atoms with Gasteiger partial charge < -0.3 is 9.84 Å². The minimum atomic E-state index is -1.21. The molecule has 1 amide bonds. The lowest BCUT2D eigenvalue weighted by Gasteiger charge is -2.20. The van der Waals surface area contributed by atoms with Crippen LogP contribution in [-0.4, -0.2) is 22.8 Å². The van der Waals surface area contributed by atoms with Crippen LogP contribution in [0.4, 0.5) is 9.80 Å². The zero-order valence-corrected chi connectivity index (χ0v) is 13.4. The zero-order chi connectivity index (χ0) is 15.6. The van der Waals surface area contributed by atoms with Gasteiger partial charge in [-0.25, -0.2) is 9.59 Å². The number of thiophene rings is 2. The van der Waals surface area contributed by atoms with Gasteiger partial charge in [0.05, 0.1) is 0 Å². The molecule has 0 atom stereocenters. The lowest BCUT2D eigenvalue weighted by Crippen LogP contribution is -2.24. The normalized spacial score (nSPS) is 11.2. The minimum absolute atomic E-state index is 0.260. The van der Waals surface area contributed by atoms with Crippen LogP contribution in [-0.2, 0) is 4.74 Å². The summed E-state index contributed by atoms with van der Waals surface area (Å²) in [5, 5.41) is 17.0. The second-order valence-electron chi connectivity index (χ2n) is 5.30. The molecule has 0 fully saturated rings. The average molecular weight is 325 g/mol. The Morgan fingerprint density at radius 2 is 2.00 bits per heavy atom. The molecule has 2 aromatic heterocycles. The van der Waals surface area contributed by atoms with E-state index in [1.54, 1.807) is 26.2 Å². The van der Waals surface area contributed by atoms with Crippen LogP contribution in [0.25, 0.3) is 11.1 Å². The molecule has 0 aliphatic rings. The fraction of sp³-hybridized carbons (Fsp3) is 0.286. The van der Waals surface area contributed by atoms with E-state index in [1.165, 1.54) is 22.7 Å². The molecule has 2 heterocycles. The molecule has 7 heteroatoms. The van der Waals surface area contributed by atoms with Gasteiger partial charge in [0.25, 0.3) is 0 Å². The first kappa shape index (κ1) is 15.5. The lowest BCUT2D eigenvalue weighted by molar-refractivity contribution is 0.00722. The number of carbonyl (C=O) groups excluding carboxylic acids is 1. The van der Waals surface area contributed by atoms with Crippen molar-refractivity contribution in [3.8, 4) is 11.1 Å². The number of carbonyl (C=O) groups is 2. The van der Waals surface area contributed by atoms with E-state index in [0.29, 0.717) is 5.56 Å². The fourth-order valence-corrected chi connectivity index (χ4v) is 3.31. The molecule has 21 heavy (non-hydrogen) atoms. The highest BCUT2D eigenvalue weighted by molar-refractivity contribution is 7.15. The number of anilines is 1. The third-order valence-electron chi connectivity index (χ3n) is 2.45. The van der Waals surface area contributed by atoms with Gasteiger partial charge in [0, 0.05) is 10.9 Å². The molecule has 0 aliphatic carbocycles. The molecular formula is C14H15NO4S2. The topological polar surface area (TPSA) is 75.6 Å². The van der Waals surface area contributed by atoms with Gasteiger partial charge in [-0.1, -0.05) is 0 Å². The predicted molar refractivity (Wildman–Crippen MR) is 84.4 cm³/mol.